The Hall–Kier alpha value is -2.00. The molecule has 20 heavy (non-hydrogen) atoms. The summed E-state index contributed by atoms with van der Waals surface area (Å²) in [6.45, 7) is 4.45. The lowest BCUT2D eigenvalue weighted by molar-refractivity contribution is 0.102. The third-order valence-corrected chi connectivity index (χ3v) is 3.19. The number of ether oxygens (including phenoxy) is 1. The van der Waals surface area contributed by atoms with Crippen LogP contribution in [0, 0.1) is 6.92 Å². The SMILES string of the molecule is CCOc1ccc(C(=O)Nc2ccccc2Cl)cc1C. The highest BCUT2D eigenvalue weighted by Crippen LogP contribution is 2.23. The molecule has 0 radical (unpaired) electrons. The molecule has 0 fully saturated rings. The van der Waals surface area contributed by atoms with Crippen LogP contribution in [0.25, 0.3) is 0 Å². The van der Waals surface area contributed by atoms with E-state index >= 15 is 0 Å². The number of rotatable bonds is 4. The summed E-state index contributed by atoms with van der Waals surface area (Å²) < 4.78 is 5.46. The Labute approximate surface area is 123 Å². The van der Waals surface area contributed by atoms with E-state index in [1.165, 1.54) is 0 Å². The van der Waals surface area contributed by atoms with Gasteiger partial charge in [-0.25, -0.2) is 0 Å². The standard InChI is InChI=1S/C16H16ClNO2/c1-3-20-15-9-8-12(10-11(15)2)16(19)18-14-7-5-4-6-13(14)17/h4-10H,3H2,1-2H3,(H,18,19). The van der Waals surface area contributed by atoms with E-state index in [1.807, 2.05) is 26.0 Å². The van der Waals surface area contributed by atoms with Crippen molar-refractivity contribution in [2.24, 2.45) is 0 Å². The summed E-state index contributed by atoms with van der Waals surface area (Å²) in [7, 11) is 0. The summed E-state index contributed by atoms with van der Waals surface area (Å²) in [6.07, 6.45) is 0. The molecular formula is C16H16ClNO2. The highest BCUT2D eigenvalue weighted by Gasteiger charge is 2.10. The Kier molecular flexibility index (Phi) is 4.64. The average molecular weight is 290 g/mol. The second kappa shape index (κ2) is 6.44. The Morgan fingerprint density at radius 2 is 2.00 bits per heavy atom. The third-order valence-electron chi connectivity index (χ3n) is 2.86. The number of nitrogens with one attached hydrogen (secondary N) is 1. The quantitative estimate of drug-likeness (QED) is 0.911. The van der Waals surface area contributed by atoms with Gasteiger partial charge in [-0.1, -0.05) is 23.7 Å². The molecule has 0 heterocycles. The number of benzene rings is 2. The first-order valence-corrected chi connectivity index (χ1v) is 6.79. The van der Waals surface area contributed by atoms with Crippen LogP contribution in [-0.2, 0) is 0 Å². The van der Waals surface area contributed by atoms with E-state index in [9.17, 15) is 4.79 Å². The second-order valence-corrected chi connectivity index (χ2v) is 4.75. The molecule has 2 aromatic carbocycles. The Bertz CT molecular complexity index is 626. The largest absolute Gasteiger partial charge is 0.494 e. The highest BCUT2D eigenvalue weighted by molar-refractivity contribution is 6.33. The molecule has 0 atom stereocenters. The van der Waals surface area contributed by atoms with Crippen LogP contribution in [0.15, 0.2) is 42.5 Å². The second-order valence-electron chi connectivity index (χ2n) is 4.35. The zero-order chi connectivity index (χ0) is 14.5. The number of halogens is 1. The number of hydrogen-bond donors (Lipinski definition) is 1. The van der Waals surface area contributed by atoms with E-state index in [-0.39, 0.29) is 5.91 Å². The Morgan fingerprint density at radius 3 is 2.65 bits per heavy atom. The number of para-hydroxylation sites is 1. The number of hydrogen-bond acceptors (Lipinski definition) is 2. The predicted octanol–water partition coefficient (Wildman–Crippen LogP) is 4.30. The van der Waals surface area contributed by atoms with Crippen molar-refractivity contribution in [2.45, 2.75) is 13.8 Å². The van der Waals surface area contributed by atoms with Crippen LogP contribution in [-0.4, -0.2) is 12.5 Å². The fraction of sp³-hybridized carbons (Fsp3) is 0.188. The summed E-state index contributed by atoms with van der Waals surface area (Å²) >= 11 is 6.02. The fourth-order valence-electron chi connectivity index (χ4n) is 1.87. The molecule has 0 saturated carbocycles. The van der Waals surface area contributed by atoms with Gasteiger partial charge in [0.25, 0.3) is 5.91 Å². The molecule has 0 aromatic heterocycles. The molecular weight excluding hydrogens is 274 g/mol. The molecule has 1 N–H and O–H groups in total. The minimum atomic E-state index is -0.191. The first-order chi connectivity index (χ1) is 9.61. The summed E-state index contributed by atoms with van der Waals surface area (Å²) in [5, 5.41) is 3.31. The van der Waals surface area contributed by atoms with Crippen molar-refractivity contribution in [1.29, 1.82) is 0 Å². The molecule has 4 heteroatoms. The van der Waals surface area contributed by atoms with Gasteiger partial charge in [-0.05, 0) is 49.7 Å². The van der Waals surface area contributed by atoms with Crippen molar-refractivity contribution < 1.29 is 9.53 Å². The average Bonchev–Trinajstić information content (AvgIpc) is 2.43. The predicted molar refractivity (Wildman–Crippen MR) is 81.8 cm³/mol. The zero-order valence-electron chi connectivity index (χ0n) is 11.4. The summed E-state index contributed by atoms with van der Waals surface area (Å²) in [5.41, 5.74) is 2.11. The van der Waals surface area contributed by atoms with E-state index in [0.717, 1.165) is 11.3 Å². The minimum Gasteiger partial charge on any atom is -0.494 e. The van der Waals surface area contributed by atoms with Gasteiger partial charge in [0.2, 0.25) is 0 Å². The Morgan fingerprint density at radius 1 is 1.25 bits per heavy atom. The van der Waals surface area contributed by atoms with E-state index in [2.05, 4.69) is 5.32 Å². The van der Waals surface area contributed by atoms with Crippen molar-refractivity contribution in [3.05, 3.63) is 58.6 Å². The molecule has 0 unspecified atom stereocenters. The molecule has 0 spiro atoms. The maximum absolute atomic E-state index is 12.2. The molecule has 2 aromatic rings. The lowest BCUT2D eigenvalue weighted by Crippen LogP contribution is -2.12. The number of carbonyl (C=O) groups is 1. The van der Waals surface area contributed by atoms with Crippen molar-refractivity contribution in [1.82, 2.24) is 0 Å². The number of aryl methyl sites for hydroxylation is 1. The number of carbonyl (C=O) groups excluding carboxylic acids is 1. The molecule has 0 aliphatic heterocycles. The molecule has 0 saturated heterocycles. The van der Waals surface area contributed by atoms with Gasteiger partial charge < -0.3 is 10.1 Å². The Balaban J connectivity index is 2.18. The maximum atomic E-state index is 12.2. The molecule has 0 aliphatic carbocycles. The topological polar surface area (TPSA) is 38.3 Å². The van der Waals surface area contributed by atoms with Crippen LogP contribution in [0.5, 0.6) is 5.75 Å². The van der Waals surface area contributed by atoms with Gasteiger partial charge >= 0.3 is 0 Å². The van der Waals surface area contributed by atoms with Gasteiger partial charge in [0.15, 0.2) is 0 Å². The van der Waals surface area contributed by atoms with Crippen molar-refractivity contribution in [2.75, 3.05) is 11.9 Å². The molecule has 2 rings (SSSR count). The normalized spacial score (nSPS) is 10.2. The van der Waals surface area contributed by atoms with Crippen molar-refractivity contribution >= 4 is 23.2 Å². The van der Waals surface area contributed by atoms with Gasteiger partial charge in [-0.3, -0.25) is 4.79 Å². The van der Waals surface area contributed by atoms with E-state index in [1.54, 1.807) is 30.3 Å². The van der Waals surface area contributed by atoms with Gasteiger partial charge in [-0.2, -0.15) is 0 Å². The molecule has 104 valence electrons. The van der Waals surface area contributed by atoms with Crippen LogP contribution in [0.2, 0.25) is 5.02 Å². The highest BCUT2D eigenvalue weighted by atomic mass is 35.5. The summed E-state index contributed by atoms with van der Waals surface area (Å²) in [4.78, 5) is 12.2. The van der Waals surface area contributed by atoms with Gasteiger partial charge in [-0.15, -0.1) is 0 Å². The van der Waals surface area contributed by atoms with E-state index in [0.29, 0.717) is 22.9 Å². The maximum Gasteiger partial charge on any atom is 0.255 e. The van der Waals surface area contributed by atoms with Gasteiger partial charge in [0.05, 0.1) is 17.3 Å². The van der Waals surface area contributed by atoms with E-state index in [4.69, 9.17) is 16.3 Å². The van der Waals surface area contributed by atoms with Crippen molar-refractivity contribution in [3.63, 3.8) is 0 Å². The summed E-state index contributed by atoms with van der Waals surface area (Å²) in [5.74, 6) is 0.603. The monoisotopic (exact) mass is 289 g/mol. The van der Waals surface area contributed by atoms with Gasteiger partial charge in [0.1, 0.15) is 5.75 Å². The molecule has 0 bridgehead atoms. The van der Waals surface area contributed by atoms with Crippen LogP contribution in [0.4, 0.5) is 5.69 Å². The summed E-state index contributed by atoms with van der Waals surface area (Å²) in [6, 6.07) is 12.5. The van der Waals surface area contributed by atoms with Crippen LogP contribution >= 0.6 is 11.6 Å². The van der Waals surface area contributed by atoms with Crippen LogP contribution in [0.3, 0.4) is 0 Å². The van der Waals surface area contributed by atoms with Crippen molar-refractivity contribution in [3.8, 4) is 5.75 Å². The lowest BCUT2D eigenvalue weighted by atomic mass is 10.1. The number of anilines is 1. The first kappa shape index (κ1) is 14.4. The smallest absolute Gasteiger partial charge is 0.255 e. The zero-order valence-corrected chi connectivity index (χ0v) is 12.2. The number of amides is 1. The lowest BCUT2D eigenvalue weighted by Gasteiger charge is -2.10. The molecule has 0 aliphatic rings. The fourth-order valence-corrected chi connectivity index (χ4v) is 2.05. The molecule has 3 nitrogen and oxygen atoms in total. The molecule has 1 amide bonds. The van der Waals surface area contributed by atoms with Crippen LogP contribution in [0.1, 0.15) is 22.8 Å². The third kappa shape index (κ3) is 3.31. The van der Waals surface area contributed by atoms with Crippen LogP contribution < -0.4 is 10.1 Å². The van der Waals surface area contributed by atoms with Gasteiger partial charge in [0, 0.05) is 5.56 Å². The minimum absolute atomic E-state index is 0.191. The first-order valence-electron chi connectivity index (χ1n) is 6.41. The van der Waals surface area contributed by atoms with E-state index < -0.39 is 0 Å².